The van der Waals surface area contributed by atoms with Crippen LogP contribution in [0.4, 0.5) is 0 Å². The van der Waals surface area contributed by atoms with E-state index in [9.17, 15) is 4.79 Å². The third kappa shape index (κ3) is 2.34. The highest BCUT2D eigenvalue weighted by molar-refractivity contribution is 5.80. The van der Waals surface area contributed by atoms with E-state index >= 15 is 0 Å². The molecule has 0 aromatic rings. The van der Waals surface area contributed by atoms with Gasteiger partial charge in [0, 0.05) is 31.0 Å². The van der Waals surface area contributed by atoms with E-state index in [1.54, 1.807) is 0 Å². The predicted molar refractivity (Wildman–Crippen MR) is 80.5 cm³/mol. The molecule has 0 amide bonds. The van der Waals surface area contributed by atoms with E-state index in [0.717, 1.165) is 36.6 Å². The molecule has 2 aliphatic carbocycles. The summed E-state index contributed by atoms with van der Waals surface area (Å²) < 4.78 is 0. The highest BCUT2D eigenvalue weighted by Gasteiger charge is 2.44. The van der Waals surface area contributed by atoms with E-state index in [0.29, 0.717) is 17.9 Å². The number of carbonyl (C=O) groups excluding carboxylic acids is 1. The van der Waals surface area contributed by atoms with Gasteiger partial charge < -0.3 is 0 Å². The maximum absolute atomic E-state index is 11.9. The maximum atomic E-state index is 11.9. The van der Waals surface area contributed by atoms with Gasteiger partial charge in [0.05, 0.1) is 0 Å². The van der Waals surface area contributed by atoms with Gasteiger partial charge in [-0.25, -0.2) is 0 Å². The van der Waals surface area contributed by atoms with E-state index in [1.807, 2.05) is 0 Å². The number of piperidine rings is 2. The zero-order chi connectivity index (χ0) is 13.7. The summed E-state index contributed by atoms with van der Waals surface area (Å²) in [4.78, 5) is 14.8. The molecule has 20 heavy (non-hydrogen) atoms. The summed E-state index contributed by atoms with van der Waals surface area (Å²) in [6.07, 6.45) is 12.9. The Hall–Kier alpha value is -0.370. The Balaban J connectivity index is 1.51. The van der Waals surface area contributed by atoms with Crippen LogP contribution in [0.5, 0.6) is 0 Å². The van der Waals surface area contributed by atoms with Crippen molar-refractivity contribution in [3.05, 3.63) is 0 Å². The van der Waals surface area contributed by atoms with E-state index in [4.69, 9.17) is 0 Å². The Kier molecular flexibility index (Phi) is 3.41. The third-order valence-corrected chi connectivity index (χ3v) is 6.62. The molecule has 112 valence electrons. The van der Waals surface area contributed by atoms with E-state index in [2.05, 4.69) is 11.8 Å². The second-order valence-electron chi connectivity index (χ2n) is 8.30. The van der Waals surface area contributed by atoms with Gasteiger partial charge in [-0.15, -0.1) is 0 Å². The van der Waals surface area contributed by atoms with Crippen LogP contribution in [-0.4, -0.2) is 28.8 Å². The standard InChI is InChI=1S/C18H29NO/c1-12-5-13-7-14(6-12)9-17(8-13)19-15-3-2-4-16(19)11-18(20)10-15/h12-17H,2-11H2,1H3/t12-,13-,14+,15?,16?,17+. The lowest BCUT2D eigenvalue weighted by Crippen LogP contribution is -2.58. The second kappa shape index (κ2) is 5.12. The minimum absolute atomic E-state index is 0.542. The van der Waals surface area contributed by atoms with E-state index in [-0.39, 0.29) is 0 Å². The van der Waals surface area contributed by atoms with Gasteiger partial charge in [-0.2, -0.15) is 0 Å². The normalized spacial score (nSPS) is 49.1. The van der Waals surface area contributed by atoms with Crippen LogP contribution in [0, 0.1) is 17.8 Å². The van der Waals surface area contributed by atoms with Crippen molar-refractivity contribution in [2.45, 2.75) is 89.3 Å². The quantitative estimate of drug-likeness (QED) is 0.725. The third-order valence-electron chi connectivity index (χ3n) is 6.62. The minimum atomic E-state index is 0.542. The average molecular weight is 275 g/mol. The molecule has 2 aliphatic heterocycles. The van der Waals surface area contributed by atoms with Crippen LogP contribution in [0.1, 0.15) is 71.1 Å². The first kappa shape index (κ1) is 13.3. The lowest BCUT2D eigenvalue weighted by molar-refractivity contribution is -0.130. The van der Waals surface area contributed by atoms with Crippen molar-refractivity contribution < 1.29 is 4.79 Å². The zero-order valence-electron chi connectivity index (χ0n) is 12.9. The van der Waals surface area contributed by atoms with Gasteiger partial charge >= 0.3 is 0 Å². The van der Waals surface area contributed by atoms with Crippen LogP contribution in [-0.2, 0) is 4.79 Å². The van der Waals surface area contributed by atoms with Crippen LogP contribution in [0.3, 0.4) is 0 Å². The lowest BCUT2D eigenvalue weighted by atomic mass is 9.65. The average Bonchev–Trinajstić information content (AvgIpc) is 2.35. The fourth-order valence-electron chi connectivity index (χ4n) is 6.20. The number of hydrogen-bond acceptors (Lipinski definition) is 2. The molecule has 4 fully saturated rings. The Morgan fingerprint density at radius 2 is 1.45 bits per heavy atom. The van der Waals surface area contributed by atoms with Gasteiger partial charge in [0.2, 0.25) is 0 Å². The van der Waals surface area contributed by atoms with Gasteiger partial charge in [-0.3, -0.25) is 9.69 Å². The fraction of sp³-hybridized carbons (Fsp3) is 0.944. The highest BCUT2D eigenvalue weighted by atomic mass is 16.1. The predicted octanol–water partition coefficient (Wildman–Crippen LogP) is 3.79. The fourth-order valence-corrected chi connectivity index (χ4v) is 6.20. The number of Topliss-reactive ketones (excluding diaryl/α,β-unsaturated/α-hetero) is 1. The largest absolute Gasteiger partial charge is 0.300 e. The van der Waals surface area contributed by atoms with Crippen LogP contribution >= 0.6 is 0 Å². The van der Waals surface area contributed by atoms with Gasteiger partial charge in [0.25, 0.3) is 0 Å². The summed E-state index contributed by atoms with van der Waals surface area (Å²) >= 11 is 0. The van der Waals surface area contributed by atoms with Crippen LogP contribution in [0.25, 0.3) is 0 Å². The van der Waals surface area contributed by atoms with Crippen LogP contribution in [0.15, 0.2) is 0 Å². The summed E-state index contributed by atoms with van der Waals surface area (Å²) in [6, 6.07) is 2.03. The van der Waals surface area contributed by atoms with Crippen molar-refractivity contribution in [3.8, 4) is 0 Å². The van der Waals surface area contributed by atoms with Crippen LogP contribution < -0.4 is 0 Å². The minimum Gasteiger partial charge on any atom is -0.300 e. The molecule has 2 heterocycles. The SMILES string of the molecule is C[C@@H]1C[C@@H]2C[C@H](C1)C[C@@H](N1C3CCCC1CC(=O)C3)C2. The molecule has 2 nitrogen and oxygen atoms in total. The second-order valence-corrected chi connectivity index (χ2v) is 8.30. The number of nitrogens with zero attached hydrogens (tertiary/aromatic N) is 1. The van der Waals surface area contributed by atoms with Crippen molar-refractivity contribution in [2.24, 2.45) is 17.8 Å². The molecule has 0 N–H and O–H groups in total. The van der Waals surface area contributed by atoms with Gasteiger partial charge in [0.1, 0.15) is 5.78 Å². The lowest BCUT2D eigenvalue weighted by Gasteiger charge is -2.53. The first-order chi connectivity index (χ1) is 9.69. The molecule has 6 atom stereocenters. The first-order valence-corrected chi connectivity index (χ1v) is 8.98. The smallest absolute Gasteiger partial charge is 0.136 e. The molecule has 0 spiro atoms. The molecule has 2 unspecified atom stereocenters. The summed E-state index contributed by atoms with van der Waals surface area (Å²) in [5.41, 5.74) is 0. The van der Waals surface area contributed by atoms with Gasteiger partial charge in [-0.05, 0) is 62.7 Å². The van der Waals surface area contributed by atoms with Gasteiger partial charge in [-0.1, -0.05) is 13.3 Å². The molecule has 0 aromatic heterocycles. The summed E-state index contributed by atoms with van der Waals surface area (Å²) in [6.45, 7) is 2.45. The number of carbonyl (C=O) groups is 1. The Labute approximate surface area is 123 Å². The van der Waals surface area contributed by atoms with Crippen molar-refractivity contribution in [1.82, 2.24) is 4.90 Å². The zero-order valence-corrected chi connectivity index (χ0v) is 12.9. The van der Waals surface area contributed by atoms with Crippen molar-refractivity contribution in [2.75, 3.05) is 0 Å². The Bertz CT molecular complexity index is 359. The summed E-state index contributed by atoms with van der Waals surface area (Å²) in [5, 5.41) is 0. The van der Waals surface area contributed by atoms with Crippen molar-refractivity contribution in [3.63, 3.8) is 0 Å². The molecule has 4 rings (SSSR count). The monoisotopic (exact) mass is 275 g/mol. The molecule has 2 saturated heterocycles. The number of rotatable bonds is 1. The summed E-state index contributed by atoms with van der Waals surface area (Å²) in [7, 11) is 0. The molecular formula is C18H29NO. The molecule has 4 bridgehead atoms. The topological polar surface area (TPSA) is 20.3 Å². The summed E-state index contributed by atoms with van der Waals surface area (Å²) in [5.74, 6) is 3.48. The Morgan fingerprint density at radius 3 is 2.05 bits per heavy atom. The highest BCUT2D eigenvalue weighted by Crippen LogP contribution is 2.46. The molecule has 0 aromatic carbocycles. The number of ketones is 1. The first-order valence-electron chi connectivity index (χ1n) is 8.98. The Morgan fingerprint density at radius 1 is 0.850 bits per heavy atom. The molecule has 2 heteroatoms. The number of fused-ring (bicyclic) bond motifs is 4. The van der Waals surface area contributed by atoms with E-state index < -0.39 is 0 Å². The maximum Gasteiger partial charge on any atom is 0.136 e. The molecule has 0 radical (unpaired) electrons. The van der Waals surface area contributed by atoms with E-state index in [1.165, 1.54) is 51.4 Å². The van der Waals surface area contributed by atoms with Gasteiger partial charge in [0.15, 0.2) is 0 Å². The van der Waals surface area contributed by atoms with Crippen LogP contribution in [0.2, 0.25) is 0 Å². The molecule has 2 saturated carbocycles. The number of hydrogen-bond donors (Lipinski definition) is 0. The van der Waals surface area contributed by atoms with Crippen molar-refractivity contribution in [1.29, 1.82) is 0 Å². The molecular weight excluding hydrogens is 246 g/mol. The molecule has 4 aliphatic rings. The van der Waals surface area contributed by atoms with Crippen molar-refractivity contribution >= 4 is 5.78 Å².